The molecule has 1 aliphatic rings. The van der Waals surface area contributed by atoms with Crippen LogP contribution in [0.1, 0.15) is 21.7 Å². The summed E-state index contributed by atoms with van der Waals surface area (Å²) in [6.45, 7) is 1.81. The van der Waals surface area contributed by atoms with Crippen LogP contribution >= 0.6 is 11.8 Å². The van der Waals surface area contributed by atoms with Crippen LogP contribution in [0.5, 0.6) is 0 Å². The monoisotopic (exact) mass is 338 g/mol. The summed E-state index contributed by atoms with van der Waals surface area (Å²) < 4.78 is 6.01. The third kappa shape index (κ3) is 2.81. The number of rotatable bonds is 3. The van der Waals surface area contributed by atoms with Gasteiger partial charge in [0.05, 0.1) is 6.54 Å². The topological polar surface area (TPSA) is 54.3 Å². The van der Waals surface area contributed by atoms with E-state index in [9.17, 15) is 4.79 Å². The molecule has 0 bridgehead atoms. The van der Waals surface area contributed by atoms with E-state index in [1.807, 2.05) is 24.3 Å². The fourth-order valence-corrected chi connectivity index (χ4v) is 3.96. The summed E-state index contributed by atoms with van der Waals surface area (Å²) in [5.74, 6) is 0.985. The smallest absolute Gasteiger partial charge is 0.251 e. The standard InChI is InChI=1S/C19H18N2O2S/c1-20-19(22)12-3-2-4-13(9-12)24-14-5-6-15-16-7-8-21-11-18(16)23-17(15)10-14/h2-6,9-10,21H,7-8,11H2,1H3,(H,20,22). The third-order valence-corrected chi connectivity index (χ3v) is 5.22. The zero-order chi connectivity index (χ0) is 16.5. The highest BCUT2D eigenvalue weighted by Crippen LogP contribution is 2.34. The van der Waals surface area contributed by atoms with E-state index in [2.05, 4.69) is 28.8 Å². The average Bonchev–Trinajstić information content (AvgIpc) is 2.99. The molecule has 0 saturated carbocycles. The second kappa shape index (κ2) is 6.34. The molecule has 1 amide bonds. The lowest BCUT2D eigenvalue weighted by Crippen LogP contribution is -2.22. The van der Waals surface area contributed by atoms with Crippen LogP contribution in [0.25, 0.3) is 11.0 Å². The van der Waals surface area contributed by atoms with Gasteiger partial charge in [-0.25, -0.2) is 0 Å². The minimum Gasteiger partial charge on any atom is -0.459 e. The number of carbonyl (C=O) groups excluding carboxylic acids is 1. The predicted molar refractivity (Wildman–Crippen MR) is 95.6 cm³/mol. The molecule has 0 atom stereocenters. The Kier molecular flexibility index (Phi) is 4.04. The molecule has 0 unspecified atom stereocenters. The first-order valence-electron chi connectivity index (χ1n) is 7.99. The highest BCUT2D eigenvalue weighted by Gasteiger charge is 2.17. The van der Waals surface area contributed by atoms with E-state index in [4.69, 9.17) is 4.42 Å². The van der Waals surface area contributed by atoms with E-state index in [0.717, 1.165) is 40.6 Å². The number of nitrogens with one attached hydrogen (secondary N) is 2. The number of furan rings is 1. The van der Waals surface area contributed by atoms with Gasteiger partial charge in [0, 0.05) is 33.4 Å². The number of benzene rings is 2. The van der Waals surface area contributed by atoms with Crippen LogP contribution in [-0.4, -0.2) is 19.5 Å². The molecular weight excluding hydrogens is 320 g/mol. The molecule has 5 heteroatoms. The molecule has 0 radical (unpaired) electrons. The number of carbonyl (C=O) groups is 1. The summed E-state index contributed by atoms with van der Waals surface area (Å²) in [6.07, 6.45) is 1.02. The molecule has 4 nitrogen and oxygen atoms in total. The molecule has 3 aromatic rings. The summed E-state index contributed by atoms with van der Waals surface area (Å²) in [5, 5.41) is 7.21. The predicted octanol–water partition coefficient (Wildman–Crippen LogP) is 3.59. The van der Waals surface area contributed by atoms with Crippen molar-refractivity contribution < 1.29 is 9.21 Å². The summed E-state index contributed by atoms with van der Waals surface area (Å²) in [6, 6.07) is 14.0. The Morgan fingerprint density at radius 3 is 2.96 bits per heavy atom. The van der Waals surface area contributed by atoms with Gasteiger partial charge in [-0.3, -0.25) is 4.79 Å². The van der Waals surface area contributed by atoms with Crippen LogP contribution < -0.4 is 10.6 Å². The van der Waals surface area contributed by atoms with Crippen molar-refractivity contribution in [3.8, 4) is 0 Å². The van der Waals surface area contributed by atoms with Gasteiger partial charge in [0.25, 0.3) is 5.91 Å². The molecule has 2 N–H and O–H groups in total. The van der Waals surface area contributed by atoms with Gasteiger partial charge in [-0.1, -0.05) is 17.8 Å². The lowest BCUT2D eigenvalue weighted by atomic mass is 10.1. The van der Waals surface area contributed by atoms with E-state index in [0.29, 0.717) is 5.56 Å². The molecular formula is C19H18N2O2S. The minimum atomic E-state index is -0.0703. The van der Waals surface area contributed by atoms with Crippen LogP contribution in [0.15, 0.2) is 56.7 Å². The largest absolute Gasteiger partial charge is 0.459 e. The minimum absolute atomic E-state index is 0.0703. The fraction of sp³-hybridized carbons (Fsp3) is 0.211. The van der Waals surface area contributed by atoms with Crippen molar-refractivity contribution in [1.29, 1.82) is 0 Å². The van der Waals surface area contributed by atoms with Gasteiger partial charge >= 0.3 is 0 Å². The number of amides is 1. The summed E-state index contributed by atoms with van der Waals surface area (Å²) >= 11 is 1.63. The second-order valence-electron chi connectivity index (χ2n) is 5.80. The first-order chi connectivity index (χ1) is 11.7. The first-order valence-corrected chi connectivity index (χ1v) is 8.81. The van der Waals surface area contributed by atoms with Gasteiger partial charge in [-0.2, -0.15) is 0 Å². The van der Waals surface area contributed by atoms with E-state index >= 15 is 0 Å². The van der Waals surface area contributed by atoms with Gasteiger partial charge in [-0.15, -0.1) is 0 Å². The summed E-state index contributed by atoms with van der Waals surface area (Å²) in [7, 11) is 1.64. The molecule has 0 fully saturated rings. The molecule has 4 rings (SSSR count). The Bertz CT molecular complexity index is 917. The second-order valence-corrected chi connectivity index (χ2v) is 6.94. The van der Waals surface area contributed by atoms with Crippen molar-refractivity contribution in [2.45, 2.75) is 22.8 Å². The normalized spacial score (nSPS) is 13.7. The van der Waals surface area contributed by atoms with Gasteiger partial charge in [0.2, 0.25) is 0 Å². The molecule has 0 saturated heterocycles. The van der Waals surface area contributed by atoms with Crippen molar-refractivity contribution in [2.24, 2.45) is 0 Å². The number of hydrogen-bond acceptors (Lipinski definition) is 4. The van der Waals surface area contributed by atoms with E-state index < -0.39 is 0 Å². The Morgan fingerprint density at radius 1 is 1.21 bits per heavy atom. The zero-order valence-electron chi connectivity index (χ0n) is 13.4. The molecule has 0 aliphatic carbocycles. The lowest BCUT2D eigenvalue weighted by Gasteiger charge is -2.10. The first kappa shape index (κ1) is 15.3. The average molecular weight is 338 g/mol. The van der Waals surface area contributed by atoms with Crippen molar-refractivity contribution in [3.05, 3.63) is 59.4 Å². The highest BCUT2D eigenvalue weighted by atomic mass is 32.2. The Balaban J connectivity index is 1.64. The van der Waals surface area contributed by atoms with Crippen LogP contribution in [0, 0.1) is 0 Å². The molecule has 0 spiro atoms. The van der Waals surface area contributed by atoms with Gasteiger partial charge in [0.1, 0.15) is 11.3 Å². The van der Waals surface area contributed by atoms with Crippen LogP contribution in [0.3, 0.4) is 0 Å². The summed E-state index contributed by atoms with van der Waals surface area (Å²) in [4.78, 5) is 13.9. The lowest BCUT2D eigenvalue weighted by molar-refractivity contribution is 0.0963. The van der Waals surface area contributed by atoms with Gasteiger partial charge < -0.3 is 15.1 Å². The Hall–Kier alpha value is -2.24. The van der Waals surface area contributed by atoms with Gasteiger partial charge in [0.15, 0.2) is 0 Å². The van der Waals surface area contributed by atoms with Crippen molar-refractivity contribution >= 4 is 28.6 Å². The zero-order valence-corrected chi connectivity index (χ0v) is 14.2. The molecule has 24 heavy (non-hydrogen) atoms. The van der Waals surface area contributed by atoms with Crippen molar-refractivity contribution in [2.75, 3.05) is 13.6 Å². The van der Waals surface area contributed by atoms with Crippen LogP contribution in [0.4, 0.5) is 0 Å². The van der Waals surface area contributed by atoms with E-state index in [1.54, 1.807) is 18.8 Å². The van der Waals surface area contributed by atoms with Crippen LogP contribution in [-0.2, 0) is 13.0 Å². The van der Waals surface area contributed by atoms with Crippen molar-refractivity contribution in [1.82, 2.24) is 10.6 Å². The SMILES string of the molecule is CNC(=O)c1cccc(Sc2ccc3c4c(oc3c2)CNCC4)c1. The fourth-order valence-electron chi connectivity index (χ4n) is 3.06. The maximum absolute atomic E-state index is 11.8. The third-order valence-electron chi connectivity index (χ3n) is 4.24. The molecule has 1 aromatic heterocycles. The number of fused-ring (bicyclic) bond motifs is 3. The molecule has 2 aromatic carbocycles. The number of hydrogen-bond donors (Lipinski definition) is 2. The Labute approximate surface area is 144 Å². The molecule has 1 aliphatic heterocycles. The Morgan fingerprint density at radius 2 is 2.08 bits per heavy atom. The molecule has 2 heterocycles. The van der Waals surface area contributed by atoms with Crippen molar-refractivity contribution in [3.63, 3.8) is 0 Å². The maximum Gasteiger partial charge on any atom is 0.251 e. The molecule has 122 valence electrons. The van der Waals surface area contributed by atoms with Crippen LogP contribution in [0.2, 0.25) is 0 Å². The highest BCUT2D eigenvalue weighted by molar-refractivity contribution is 7.99. The maximum atomic E-state index is 11.8. The van der Waals surface area contributed by atoms with E-state index in [-0.39, 0.29) is 5.91 Å². The summed E-state index contributed by atoms with van der Waals surface area (Å²) in [5.41, 5.74) is 2.95. The van der Waals surface area contributed by atoms with E-state index in [1.165, 1.54) is 10.9 Å². The van der Waals surface area contributed by atoms with Gasteiger partial charge in [-0.05, 0) is 49.4 Å². The quantitative estimate of drug-likeness (QED) is 0.766.